The van der Waals surface area contributed by atoms with Gasteiger partial charge in [0.1, 0.15) is 0 Å². The van der Waals surface area contributed by atoms with Crippen molar-refractivity contribution in [3.63, 3.8) is 0 Å². The molecule has 1 aliphatic rings. The quantitative estimate of drug-likeness (QED) is 0.781. The van der Waals surface area contributed by atoms with Gasteiger partial charge in [-0.25, -0.2) is 0 Å². The maximum Gasteiger partial charge on any atom is 0.491 e. The van der Waals surface area contributed by atoms with E-state index in [-0.39, 0.29) is 17.6 Å². The Labute approximate surface area is 141 Å². The number of likely N-dealkylation sites (N-methyl/N-ethyl adjacent to an activating group) is 1. The summed E-state index contributed by atoms with van der Waals surface area (Å²) in [7, 11) is 1.47. The van der Waals surface area contributed by atoms with Crippen molar-refractivity contribution in [3.8, 4) is 0 Å². The molecule has 0 spiro atoms. The van der Waals surface area contributed by atoms with Crippen LogP contribution in [-0.2, 0) is 20.5 Å². The van der Waals surface area contributed by atoms with E-state index in [4.69, 9.17) is 14.4 Å². The molecule has 2 rings (SSSR count). The van der Waals surface area contributed by atoms with Crippen LogP contribution in [0.2, 0.25) is 0 Å². The summed E-state index contributed by atoms with van der Waals surface area (Å²) in [6.07, 6.45) is 2.07. The molecule has 126 valence electrons. The van der Waals surface area contributed by atoms with Crippen LogP contribution in [-0.4, -0.2) is 43.0 Å². The summed E-state index contributed by atoms with van der Waals surface area (Å²) < 4.78 is 12.2. The van der Waals surface area contributed by atoms with Gasteiger partial charge in [0.05, 0.1) is 17.6 Å². The lowest BCUT2D eigenvalue weighted by atomic mass is 9.77. The summed E-state index contributed by atoms with van der Waals surface area (Å²) in [6, 6.07) is 1.90. The lowest BCUT2D eigenvalue weighted by Crippen LogP contribution is -2.41. The number of hydrogen-bond donors (Lipinski definition) is 2. The first-order valence-corrected chi connectivity index (χ1v) is 8.52. The van der Waals surface area contributed by atoms with Crippen LogP contribution in [0.1, 0.15) is 38.1 Å². The van der Waals surface area contributed by atoms with Crippen LogP contribution in [0.25, 0.3) is 6.08 Å². The maximum atomic E-state index is 10.8. The van der Waals surface area contributed by atoms with Crippen LogP contribution in [0.5, 0.6) is 0 Å². The summed E-state index contributed by atoms with van der Waals surface area (Å²) in [5.41, 5.74) is 1.21. The Kier molecular flexibility index (Phi) is 5.35. The molecule has 0 aromatic carbocycles. The first-order chi connectivity index (χ1) is 10.6. The molecule has 2 N–H and O–H groups in total. The van der Waals surface area contributed by atoms with Crippen molar-refractivity contribution in [1.82, 2.24) is 5.32 Å². The van der Waals surface area contributed by atoms with Crippen molar-refractivity contribution < 1.29 is 19.2 Å². The molecule has 2 heterocycles. The summed E-state index contributed by atoms with van der Waals surface area (Å²) in [4.78, 5) is 11.6. The molecule has 0 radical (unpaired) electrons. The van der Waals surface area contributed by atoms with Gasteiger partial charge >= 0.3 is 13.1 Å². The van der Waals surface area contributed by atoms with E-state index in [1.54, 1.807) is 0 Å². The molecule has 1 aromatic rings. The van der Waals surface area contributed by atoms with Gasteiger partial charge in [-0.2, -0.15) is 0 Å². The summed E-state index contributed by atoms with van der Waals surface area (Å²) in [5.74, 6) is -0.816. The minimum atomic E-state index is -0.816. The molecule has 0 atom stereocenters. The van der Waals surface area contributed by atoms with E-state index in [2.05, 4.69) is 5.32 Å². The molecule has 0 amide bonds. The highest BCUT2D eigenvalue weighted by atomic mass is 32.1. The molecular weight excluding hydrogens is 313 g/mol. The average molecular weight is 337 g/mol. The second kappa shape index (κ2) is 6.77. The molecule has 1 saturated heterocycles. The monoisotopic (exact) mass is 337 g/mol. The highest BCUT2D eigenvalue weighted by Gasteiger charge is 2.52. The fourth-order valence-electron chi connectivity index (χ4n) is 2.33. The van der Waals surface area contributed by atoms with E-state index in [1.165, 1.54) is 11.3 Å². The Morgan fingerprint density at radius 3 is 2.48 bits per heavy atom. The molecular formula is C16H24BNO4S. The SMILES string of the molecule is CNCC(=Cc1csc(CC(=O)O)c1)B1OC(C)(C)C(C)(C)O1. The van der Waals surface area contributed by atoms with Crippen molar-refractivity contribution in [1.29, 1.82) is 0 Å². The third-order valence-electron chi connectivity index (χ3n) is 4.29. The zero-order valence-electron chi connectivity index (χ0n) is 14.3. The Bertz CT molecular complexity index is 593. The van der Waals surface area contributed by atoms with Crippen LogP contribution in [0, 0.1) is 0 Å². The number of carbonyl (C=O) groups is 1. The van der Waals surface area contributed by atoms with E-state index < -0.39 is 13.1 Å². The van der Waals surface area contributed by atoms with Crippen LogP contribution in [0.4, 0.5) is 0 Å². The van der Waals surface area contributed by atoms with E-state index in [9.17, 15) is 4.79 Å². The fourth-order valence-corrected chi connectivity index (χ4v) is 3.16. The van der Waals surface area contributed by atoms with Crippen molar-refractivity contribution in [2.24, 2.45) is 0 Å². The Balaban J connectivity index is 2.21. The fraction of sp³-hybridized carbons (Fsp3) is 0.562. The van der Waals surface area contributed by atoms with Gasteiger partial charge in [-0.15, -0.1) is 11.3 Å². The summed E-state index contributed by atoms with van der Waals surface area (Å²) >= 11 is 1.45. The van der Waals surface area contributed by atoms with E-state index >= 15 is 0 Å². The zero-order valence-corrected chi connectivity index (χ0v) is 15.1. The van der Waals surface area contributed by atoms with Gasteiger partial charge < -0.3 is 19.7 Å². The number of carboxylic acid groups (broad SMARTS) is 1. The normalized spacial score (nSPS) is 20.0. The Morgan fingerprint density at radius 1 is 1.35 bits per heavy atom. The van der Waals surface area contributed by atoms with Crippen molar-refractivity contribution in [2.75, 3.05) is 13.6 Å². The van der Waals surface area contributed by atoms with Crippen LogP contribution < -0.4 is 5.32 Å². The number of rotatable bonds is 6. The highest BCUT2D eigenvalue weighted by Crippen LogP contribution is 2.38. The molecule has 7 heteroatoms. The van der Waals surface area contributed by atoms with Crippen molar-refractivity contribution >= 4 is 30.5 Å². The molecule has 5 nitrogen and oxygen atoms in total. The molecule has 1 fully saturated rings. The predicted molar refractivity (Wildman–Crippen MR) is 93.6 cm³/mol. The molecule has 0 bridgehead atoms. The molecule has 0 saturated carbocycles. The average Bonchev–Trinajstić information content (AvgIpc) is 2.91. The van der Waals surface area contributed by atoms with Gasteiger partial charge in [0.25, 0.3) is 0 Å². The predicted octanol–water partition coefficient (Wildman–Crippen LogP) is 2.61. The molecule has 1 aromatic heterocycles. The summed E-state index contributed by atoms with van der Waals surface area (Å²) in [6.45, 7) is 8.75. The molecule has 23 heavy (non-hydrogen) atoms. The second-order valence-corrected chi connectivity index (χ2v) is 7.75. The standard InChI is InChI=1S/C16H24BNO4S/c1-15(2)16(3,4)22-17(21-15)12(9-18-5)6-11-7-13(23-10-11)8-14(19)20/h6-7,10,18H,8-9H2,1-5H3,(H,19,20). The summed E-state index contributed by atoms with van der Waals surface area (Å²) in [5, 5.41) is 14.0. The van der Waals surface area contributed by atoms with E-state index in [0.29, 0.717) is 6.54 Å². The number of aliphatic carboxylic acids is 1. The number of nitrogens with one attached hydrogen (secondary N) is 1. The minimum Gasteiger partial charge on any atom is -0.481 e. The topological polar surface area (TPSA) is 67.8 Å². The largest absolute Gasteiger partial charge is 0.491 e. The van der Waals surface area contributed by atoms with Crippen LogP contribution >= 0.6 is 11.3 Å². The first-order valence-electron chi connectivity index (χ1n) is 7.64. The number of hydrogen-bond acceptors (Lipinski definition) is 5. The highest BCUT2D eigenvalue weighted by molar-refractivity contribution is 7.10. The Morgan fingerprint density at radius 2 is 1.96 bits per heavy atom. The van der Waals surface area contributed by atoms with Gasteiger partial charge in [-0.1, -0.05) is 6.08 Å². The van der Waals surface area contributed by atoms with E-state index in [0.717, 1.165) is 15.9 Å². The molecule has 0 aliphatic carbocycles. The lowest BCUT2D eigenvalue weighted by molar-refractivity contribution is -0.136. The number of thiophene rings is 1. The first kappa shape index (κ1) is 18.2. The van der Waals surface area contributed by atoms with Crippen LogP contribution in [0.15, 0.2) is 16.9 Å². The third kappa shape index (κ3) is 4.23. The van der Waals surface area contributed by atoms with Crippen molar-refractivity contribution in [2.45, 2.75) is 45.3 Å². The van der Waals surface area contributed by atoms with Gasteiger partial charge in [0, 0.05) is 11.4 Å². The van der Waals surface area contributed by atoms with Gasteiger partial charge in [-0.3, -0.25) is 4.79 Å². The van der Waals surface area contributed by atoms with Gasteiger partial charge in [0.2, 0.25) is 0 Å². The van der Waals surface area contributed by atoms with Crippen molar-refractivity contribution in [3.05, 3.63) is 27.4 Å². The Hall–Kier alpha value is -1.15. The second-order valence-electron chi connectivity index (χ2n) is 6.75. The molecule has 1 aliphatic heterocycles. The lowest BCUT2D eigenvalue weighted by Gasteiger charge is -2.32. The van der Waals surface area contributed by atoms with Gasteiger partial charge in [-0.05, 0) is 57.2 Å². The maximum absolute atomic E-state index is 10.8. The smallest absolute Gasteiger partial charge is 0.481 e. The minimum absolute atomic E-state index is 0.0519. The third-order valence-corrected chi connectivity index (χ3v) is 5.24. The van der Waals surface area contributed by atoms with Crippen LogP contribution in [0.3, 0.4) is 0 Å². The zero-order chi connectivity index (χ0) is 17.3. The van der Waals surface area contributed by atoms with E-state index in [1.807, 2.05) is 52.3 Å². The molecule has 0 unspecified atom stereocenters. The van der Waals surface area contributed by atoms with Gasteiger partial charge in [0.15, 0.2) is 0 Å². The number of carboxylic acids is 1.